The first-order valence-corrected chi connectivity index (χ1v) is 8.26. The van der Waals surface area contributed by atoms with Gasteiger partial charge in [-0.15, -0.1) is 0 Å². The normalized spacial score (nSPS) is 10.5. The van der Waals surface area contributed by atoms with E-state index >= 15 is 0 Å². The molecule has 0 aliphatic carbocycles. The number of rotatable bonds is 7. The van der Waals surface area contributed by atoms with Crippen LogP contribution >= 0.6 is 0 Å². The maximum Gasteiger partial charge on any atom is 0.181 e. The third-order valence-corrected chi connectivity index (χ3v) is 4.17. The van der Waals surface area contributed by atoms with Gasteiger partial charge in [-0.25, -0.2) is 4.98 Å². The molecule has 0 saturated carbocycles. The summed E-state index contributed by atoms with van der Waals surface area (Å²) in [5.74, 6) is 0.769. The van der Waals surface area contributed by atoms with Crippen LogP contribution in [0.2, 0.25) is 0 Å². The topological polar surface area (TPSA) is 65.5 Å². The summed E-state index contributed by atoms with van der Waals surface area (Å²) in [6, 6.07) is 16.1. The number of aromatic nitrogens is 1. The zero-order valence-corrected chi connectivity index (χ0v) is 14.7. The predicted molar refractivity (Wildman–Crippen MR) is 99.2 cm³/mol. The van der Waals surface area contributed by atoms with Crippen LogP contribution in [-0.2, 0) is 0 Å². The van der Waals surface area contributed by atoms with Crippen molar-refractivity contribution < 1.29 is 19.1 Å². The molecule has 1 heterocycles. The number of benzene rings is 2. The van der Waals surface area contributed by atoms with Crippen molar-refractivity contribution >= 4 is 22.5 Å². The molecule has 0 N–H and O–H groups in total. The lowest BCUT2D eigenvalue weighted by atomic mass is 10.0. The minimum atomic E-state index is -0.149. The lowest BCUT2D eigenvalue weighted by Gasteiger charge is -2.09. The molecule has 1 aromatic heterocycles. The van der Waals surface area contributed by atoms with Crippen molar-refractivity contribution in [2.75, 3.05) is 14.2 Å². The van der Waals surface area contributed by atoms with Crippen molar-refractivity contribution in [3.63, 3.8) is 0 Å². The van der Waals surface area contributed by atoms with Crippen molar-refractivity contribution in [1.29, 1.82) is 0 Å². The molecule has 26 heavy (non-hydrogen) atoms. The molecule has 0 atom stereocenters. The molecule has 2 aromatic carbocycles. The summed E-state index contributed by atoms with van der Waals surface area (Å²) in [6.45, 7) is 0. The van der Waals surface area contributed by atoms with E-state index in [0.717, 1.165) is 10.9 Å². The second kappa shape index (κ2) is 7.78. The number of ether oxygens (including phenoxy) is 2. The minimum Gasteiger partial charge on any atom is -0.493 e. The molecule has 5 nitrogen and oxygen atoms in total. The van der Waals surface area contributed by atoms with Crippen LogP contribution in [0.1, 0.15) is 33.7 Å². The van der Waals surface area contributed by atoms with Crippen LogP contribution in [-0.4, -0.2) is 30.8 Å². The summed E-state index contributed by atoms with van der Waals surface area (Å²) in [5.41, 5.74) is 1.63. The van der Waals surface area contributed by atoms with E-state index in [9.17, 15) is 9.59 Å². The Balaban J connectivity index is 1.69. The molecule has 0 unspecified atom stereocenters. The Morgan fingerprint density at radius 2 is 1.58 bits per heavy atom. The van der Waals surface area contributed by atoms with Gasteiger partial charge >= 0.3 is 0 Å². The molecule has 0 amide bonds. The van der Waals surface area contributed by atoms with E-state index in [-0.39, 0.29) is 24.4 Å². The van der Waals surface area contributed by atoms with Crippen LogP contribution < -0.4 is 9.47 Å². The molecule has 0 bridgehead atoms. The lowest BCUT2D eigenvalue weighted by molar-refractivity contribution is 0.0915. The molecule has 0 spiro atoms. The van der Waals surface area contributed by atoms with E-state index < -0.39 is 0 Å². The number of hydrogen-bond acceptors (Lipinski definition) is 5. The van der Waals surface area contributed by atoms with Crippen LogP contribution in [0.3, 0.4) is 0 Å². The fourth-order valence-corrected chi connectivity index (χ4v) is 2.73. The Morgan fingerprint density at radius 1 is 0.846 bits per heavy atom. The van der Waals surface area contributed by atoms with Crippen LogP contribution in [0.25, 0.3) is 10.9 Å². The Bertz CT molecular complexity index is 965. The zero-order valence-electron chi connectivity index (χ0n) is 14.7. The van der Waals surface area contributed by atoms with Gasteiger partial charge in [-0.3, -0.25) is 9.59 Å². The number of nitrogens with zero attached hydrogens (tertiary/aromatic N) is 1. The summed E-state index contributed by atoms with van der Waals surface area (Å²) >= 11 is 0. The van der Waals surface area contributed by atoms with Gasteiger partial charge in [0.05, 0.1) is 19.7 Å². The summed E-state index contributed by atoms with van der Waals surface area (Å²) in [4.78, 5) is 29.2. The van der Waals surface area contributed by atoms with Gasteiger partial charge in [-0.2, -0.15) is 0 Å². The monoisotopic (exact) mass is 349 g/mol. The van der Waals surface area contributed by atoms with Gasteiger partial charge in [0.25, 0.3) is 0 Å². The first-order chi connectivity index (χ1) is 12.6. The lowest BCUT2D eigenvalue weighted by Crippen LogP contribution is -2.07. The third-order valence-electron chi connectivity index (χ3n) is 4.17. The molecule has 0 saturated heterocycles. The van der Waals surface area contributed by atoms with Crippen LogP contribution in [0, 0.1) is 0 Å². The van der Waals surface area contributed by atoms with Gasteiger partial charge in [-0.1, -0.05) is 24.3 Å². The smallest absolute Gasteiger partial charge is 0.181 e. The van der Waals surface area contributed by atoms with E-state index in [1.165, 1.54) is 14.2 Å². The number of carbonyl (C=O) groups is 2. The molecule has 5 heteroatoms. The van der Waals surface area contributed by atoms with Gasteiger partial charge in [0.1, 0.15) is 5.69 Å². The minimum absolute atomic E-state index is 0.110. The summed E-state index contributed by atoms with van der Waals surface area (Å²) in [6.07, 6.45) is 0.224. The highest BCUT2D eigenvalue weighted by Gasteiger charge is 2.14. The molecule has 3 rings (SSSR count). The van der Waals surface area contributed by atoms with Gasteiger partial charge in [-0.05, 0) is 30.3 Å². The maximum absolute atomic E-state index is 12.4. The van der Waals surface area contributed by atoms with Crippen molar-refractivity contribution in [3.8, 4) is 11.5 Å². The number of ketones is 2. The molecule has 3 aromatic rings. The molecule has 0 fully saturated rings. The van der Waals surface area contributed by atoms with Gasteiger partial charge in [0.15, 0.2) is 23.1 Å². The standard InChI is InChI=1S/C21H19NO4/c1-25-20-12-8-15(13-21(20)26-2)18(23)10-11-19(24)17-9-7-14-5-3-4-6-16(14)22-17/h3-9,12-13H,10-11H2,1-2H3. The van der Waals surface area contributed by atoms with E-state index in [1.807, 2.05) is 30.3 Å². The SMILES string of the molecule is COc1ccc(C(=O)CCC(=O)c2ccc3ccccc3n2)cc1OC. The number of Topliss-reactive ketones (excluding diaryl/α,β-unsaturated/α-hetero) is 2. The first kappa shape index (κ1) is 17.6. The summed E-state index contributed by atoms with van der Waals surface area (Å²) < 4.78 is 10.4. The first-order valence-electron chi connectivity index (χ1n) is 8.26. The van der Waals surface area contributed by atoms with Crippen LogP contribution in [0.4, 0.5) is 0 Å². The molecular weight excluding hydrogens is 330 g/mol. The number of pyridine rings is 1. The van der Waals surface area contributed by atoms with Gasteiger partial charge < -0.3 is 9.47 Å². The molecule has 0 radical (unpaired) electrons. The number of para-hydroxylation sites is 1. The fraction of sp³-hybridized carbons (Fsp3) is 0.190. The highest BCUT2D eigenvalue weighted by Crippen LogP contribution is 2.28. The Hall–Kier alpha value is -3.21. The van der Waals surface area contributed by atoms with Gasteiger partial charge in [0.2, 0.25) is 0 Å². The fourth-order valence-electron chi connectivity index (χ4n) is 2.73. The van der Waals surface area contributed by atoms with Gasteiger partial charge in [0, 0.05) is 23.8 Å². The molecule has 0 aliphatic heterocycles. The summed E-state index contributed by atoms with van der Waals surface area (Å²) in [7, 11) is 3.05. The average molecular weight is 349 g/mol. The Kier molecular flexibility index (Phi) is 5.27. The number of hydrogen-bond donors (Lipinski definition) is 0. The van der Waals surface area contributed by atoms with E-state index in [4.69, 9.17) is 9.47 Å². The number of methoxy groups -OCH3 is 2. The van der Waals surface area contributed by atoms with E-state index in [2.05, 4.69) is 4.98 Å². The largest absolute Gasteiger partial charge is 0.493 e. The Morgan fingerprint density at radius 3 is 2.35 bits per heavy atom. The average Bonchev–Trinajstić information content (AvgIpc) is 2.70. The molecular formula is C21H19NO4. The van der Waals surface area contributed by atoms with Crippen molar-refractivity contribution in [2.45, 2.75) is 12.8 Å². The van der Waals surface area contributed by atoms with Crippen molar-refractivity contribution in [2.24, 2.45) is 0 Å². The van der Waals surface area contributed by atoms with E-state index in [1.54, 1.807) is 24.3 Å². The zero-order chi connectivity index (χ0) is 18.5. The van der Waals surface area contributed by atoms with Crippen LogP contribution in [0.15, 0.2) is 54.6 Å². The predicted octanol–water partition coefficient (Wildman–Crippen LogP) is 4.10. The van der Waals surface area contributed by atoms with E-state index in [0.29, 0.717) is 22.8 Å². The summed E-state index contributed by atoms with van der Waals surface area (Å²) in [5, 5.41) is 0.977. The maximum atomic E-state index is 12.4. The second-order valence-electron chi connectivity index (χ2n) is 5.81. The second-order valence-corrected chi connectivity index (χ2v) is 5.81. The van der Waals surface area contributed by atoms with Crippen molar-refractivity contribution in [3.05, 3.63) is 65.9 Å². The van der Waals surface area contributed by atoms with Crippen LogP contribution in [0.5, 0.6) is 11.5 Å². The Labute approximate surface area is 151 Å². The molecule has 0 aliphatic rings. The highest BCUT2D eigenvalue weighted by molar-refractivity contribution is 6.02. The number of fused-ring (bicyclic) bond motifs is 1. The quantitative estimate of drug-likeness (QED) is 0.601. The number of carbonyl (C=O) groups excluding carboxylic acids is 2. The highest BCUT2D eigenvalue weighted by atomic mass is 16.5. The molecule has 132 valence electrons. The third kappa shape index (κ3) is 3.72. The van der Waals surface area contributed by atoms with Crippen molar-refractivity contribution in [1.82, 2.24) is 4.98 Å².